The van der Waals surface area contributed by atoms with Crippen molar-refractivity contribution in [2.24, 2.45) is 0 Å². The lowest BCUT2D eigenvalue weighted by molar-refractivity contribution is 0.0488. The highest BCUT2D eigenvalue weighted by molar-refractivity contribution is 6.21. The number of carbonyl (C=O) groups is 2. The van der Waals surface area contributed by atoms with Crippen LogP contribution >= 0.6 is 0 Å². The average Bonchev–Trinajstić information content (AvgIpc) is 2.80. The fourth-order valence-electron chi connectivity index (χ4n) is 3.02. The van der Waals surface area contributed by atoms with Gasteiger partial charge in [-0.1, -0.05) is 30.3 Å². The summed E-state index contributed by atoms with van der Waals surface area (Å²) < 4.78 is 13.3. The standard InChI is InChI=1S/C19H19FN2O3/c1-21(10-13-5-3-2-4-6-13)11-15(23)12-22-18(24)16-8-7-14(20)9-17(16)19(22)25/h2-9,15,23H,10-12H2,1H3. The molecule has 3 rings (SSSR count). The molecule has 0 fully saturated rings. The van der Waals surface area contributed by atoms with Crippen molar-refractivity contribution in [2.45, 2.75) is 12.6 Å². The lowest BCUT2D eigenvalue weighted by Gasteiger charge is -2.23. The summed E-state index contributed by atoms with van der Waals surface area (Å²) >= 11 is 0. The van der Waals surface area contributed by atoms with Crippen molar-refractivity contribution in [2.75, 3.05) is 20.1 Å². The van der Waals surface area contributed by atoms with E-state index in [2.05, 4.69) is 0 Å². The Morgan fingerprint density at radius 2 is 1.76 bits per heavy atom. The first kappa shape index (κ1) is 17.3. The van der Waals surface area contributed by atoms with Crippen LogP contribution in [-0.2, 0) is 6.54 Å². The number of rotatable bonds is 6. The van der Waals surface area contributed by atoms with Crippen LogP contribution in [0.25, 0.3) is 0 Å². The number of benzene rings is 2. The zero-order chi connectivity index (χ0) is 18.0. The molecule has 0 saturated heterocycles. The molecule has 25 heavy (non-hydrogen) atoms. The molecule has 0 bridgehead atoms. The normalized spacial score (nSPS) is 15.0. The smallest absolute Gasteiger partial charge is 0.261 e. The predicted molar refractivity (Wildman–Crippen MR) is 90.5 cm³/mol. The van der Waals surface area contributed by atoms with E-state index in [9.17, 15) is 19.1 Å². The van der Waals surface area contributed by atoms with E-state index in [1.165, 1.54) is 6.07 Å². The minimum absolute atomic E-state index is 0.0508. The second-order valence-corrected chi connectivity index (χ2v) is 6.25. The van der Waals surface area contributed by atoms with Gasteiger partial charge in [0.25, 0.3) is 11.8 Å². The number of amides is 2. The van der Waals surface area contributed by atoms with Crippen LogP contribution in [0.3, 0.4) is 0 Å². The van der Waals surface area contributed by atoms with Crippen molar-refractivity contribution < 1.29 is 19.1 Å². The van der Waals surface area contributed by atoms with E-state index in [0.29, 0.717) is 13.1 Å². The van der Waals surface area contributed by atoms with Crippen LogP contribution in [0.1, 0.15) is 26.3 Å². The van der Waals surface area contributed by atoms with E-state index in [-0.39, 0.29) is 17.7 Å². The Morgan fingerprint density at radius 3 is 2.48 bits per heavy atom. The van der Waals surface area contributed by atoms with E-state index < -0.39 is 23.7 Å². The fourth-order valence-corrected chi connectivity index (χ4v) is 3.02. The molecule has 0 saturated carbocycles. The summed E-state index contributed by atoms with van der Waals surface area (Å²) in [7, 11) is 1.86. The largest absolute Gasteiger partial charge is 0.390 e. The molecule has 0 radical (unpaired) electrons. The number of aliphatic hydroxyl groups excluding tert-OH is 1. The molecule has 1 aliphatic rings. The third-order valence-electron chi connectivity index (χ3n) is 4.14. The van der Waals surface area contributed by atoms with Gasteiger partial charge in [0, 0.05) is 13.1 Å². The van der Waals surface area contributed by atoms with Gasteiger partial charge in [0.05, 0.1) is 23.8 Å². The second-order valence-electron chi connectivity index (χ2n) is 6.25. The summed E-state index contributed by atoms with van der Waals surface area (Å²) in [4.78, 5) is 27.5. The molecule has 5 nitrogen and oxygen atoms in total. The Balaban J connectivity index is 1.61. The Morgan fingerprint density at radius 1 is 1.08 bits per heavy atom. The summed E-state index contributed by atoms with van der Waals surface area (Å²) in [5, 5.41) is 10.3. The number of nitrogens with zero attached hydrogens (tertiary/aromatic N) is 2. The van der Waals surface area contributed by atoms with Crippen LogP contribution in [0.4, 0.5) is 4.39 Å². The Kier molecular flexibility index (Phi) is 4.92. The summed E-state index contributed by atoms with van der Waals surface area (Å²) in [5.41, 5.74) is 1.33. The molecule has 1 unspecified atom stereocenters. The highest BCUT2D eigenvalue weighted by Crippen LogP contribution is 2.23. The van der Waals surface area contributed by atoms with Gasteiger partial charge in [0.1, 0.15) is 5.82 Å². The summed E-state index contributed by atoms with van der Waals surface area (Å²) in [5.74, 6) is -1.63. The molecule has 2 amide bonds. The third kappa shape index (κ3) is 3.75. The topological polar surface area (TPSA) is 60.9 Å². The Labute approximate surface area is 145 Å². The quantitative estimate of drug-likeness (QED) is 0.815. The first-order chi connectivity index (χ1) is 12.0. The van der Waals surface area contributed by atoms with Gasteiger partial charge < -0.3 is 5.11 Å². The zero-order valence-electron chi connectivity index (χ0n) is 13.9. The van der Waals surface area contributed by atoms with Crippen LogP contribution < -0.4 is 0 Å². The van der Waals surface area contributed by atoms with Gasteiger partial charge >= 0.3 is 0 Å². The van der Waals surface area contributed by atoms with E-state index in [1.807, 2.05) is 42.3 Å². The lowest BCUT2D eigenvalue weighted by Crippen LogP contribution is -2.41. The molecule has 1 aliphatic heterocycles. The minimum Gasteiger partial charge on any atom is -0.390 e. The molecule has 6 heteroatoms. The van der Waals surface area contributed by atoms with Gasteiger partial charge in [0.15, 0.2) is 0 Å². The second kappa shape index (κ2) is 7.13. The van der Waals surface area contributed by atoms with E-state index in [1.54, 1.807) is 0 Å². The van der Waals surface area contributed by atoms with Gasteiger partial charge in [-0.15, -0.1) is 0 Å². The molecule has 1 N–H and O–H groups in total. The fraction of sp³-hybridized carbons (Fsp3) is 0.263. The van der Waals surface area contributed by atoms with Crippen LogP contribution in [0.15, 0.2) is 48.5 Å². The molecule has 0 aromatic heterocycles. The molecule has 0 aliphatic carbocycles. The molecule has 1 heterocycles. The molecular weight excluding hydrogens is 323 g/mol. The Bertz CT molecular complexity index is 795. The number of hydrogen-bond acceptors (Lipinski definition) is 4. The van der Waals surface area contributed by atoms with Crippen LogP contribution in [0, 0.1) is 5.82 Å². The molecule has 130 valence electrons. The first-order valence-corrected chi connectivity index (χ1v) is 8.02. The van der Waals surface area contributed by atoms with Gasteiger partial charge in [0.2, 0.25) is 0 Å². The maximum Gasteiger partial charge on any atom is 0.261 e. The first-order valence-electron chi connectivity index (χ1n) is 8.02. The Hall–Kier alpha value is -2.57. The van der Waals surface area contributed by atoms with Crippen molar-refractivity contribution in [3.05, 3.63) is 71.0 Å². The summed E-state index contributed by atoms with van der Waals surface area (Å²) in [6, 6.07) is 13.3. The molecule has 1 atom stereocenters. The van der Waals surface area contributed by atoms with Crippen LogP contribution in [-0.4, -0.2) is 53.0 Å². The van der Waals surface area contributed by atoms with Crippen LogP contribution in [0.5, 0.6) is 0 Å². The highest BCUT2D eigenvalue weighted by Gasteiger charge is 2.36. The zero-order valence-corrected chi connectivity index (χ0v) is 13.9. The summed E-state index contributed by atoms with van der Waals surface area (Å²) in [6.07, 6.45) is -0.888. The van der Waals surface area contributed by atoms with Crippen molar-refractivity contribution in [3.63, 3.8) is 0 Å². The van der Waals surface area contributed by atoms with Crippen molar-refractivity contribution in [1.29, 1.82) is 0 Å². The van der Waals surface area contributed by atoms with Crippen molar-refractivity contribution in [3.8, 4) is 0 Å². The van der Waals surface area contributed by atoms with Gasteiger partial charge in [-0.3, -0.25) is 19.4 Å². The number of imide groups is 1. The number of carbonyl (C=O) groups excluding carboxylic acids is 2. The van der Waals surface area contributed by atoms with Gasteiger partial charge in [-0.2, -0.15) is 0 Å². The molecule has 2 aromatic rings. The number of hydrogen-bond donors (Lipinski definition) is 1. The maximum atomic E-state index is 13.3. The number of aliphatic hydroxyl groups is 1. The van der Waals surface area contributed by atoms with Crippen LogP contribution in [0.2, 0.25) is 0 Å². The predicted octanol–water partition coefficient (Wildman–Crippen LogP) is 1.91. The van der Waals surface area contributed by atoms with E-state index >= 15 is 0 Å². The monoisotopic (exact) mass is 342 g/mol. The number of halogens is 1. The van der Waals surface area contributed by atoms with Gasteiger partial charge in [-0.05, 0) is 30.8 Å². The number of likely N-dealkylation sites (N-methyl/N-ethyl adjacent to an activating group) is 1. The summed E-state index contributed by atoms with van der Waals surface area (Å²) in [6.45, 7) is 0.828. The van der Waals surface area contributed by atoms with Crippen molar-refractivity contribution in [1.82, 2.24) is 9.80 Å². The van der Waals surface area contributed by atoms with Crippen molar-refractivity contribution >= 4 is 11.8 Å². The van der Waals surface area contributed by atoms with E-state index in [4.69, 9.17) is 0 Å². The maximum absolute atomic E-state index is 13.3. The number of β-amino-alcohol motifs (C(OH)–C–C–N with tert-alkyl or cyclic N) is 1. The molecular formula is C19H19FN2O3. The average molecular weight is 342 g/mol. The lowest BCUT2D eigenvalue weighted by atomic mass is 10.1. The van der Waals surface area contributed by atoms with E-state index in [0.717, 1.165) is 22.6 Å². The minimum atomic E-state index is -0.888. The third-order valence-corrected chi connectivity index (χ3v) is 4.14. The number of fused-ring (bicyclic) bond motifs is 1. The van der Waals surface area contributed by atoms with Gasteiger partial charge in [-0.25, -0.2) is 4.39 Å². The molecule has 2 aromatic carbocycles. The highest BCUT2D eigenvalue weighted by atomic mass is 19.1. The SMILES string of the molecule is CN(Cc1ccccc1)CC(O)CN1C(=O)c2ccc(F)cc2C1=O. The molecule has 0 spiro atoms.